The van der Waals surface area contributed by atoms with Crippen molar-refractivity contribution in [2.24, 2.45) is 0 Å². The van der Waals surface area contributed by atoms with Crippen LogP contribution >= 0.6 is 0 Å². The molecule has 0 unspecified atom stereocenters. The SMILES string of the molecule is CCn1ncc2c1C(=O)N(c1ccc(N)cc1)CC2. The van der Waals surface area contributed by atoms with E-state index < -0.39 is 0 Å². The summed E-state index contributed by atoms with van der Waals surface area (Å²) in [6, 6.07) is 7.39. The molecule has 5 nitrogen and oxygen atoms in total. The van der Waals surface area contributed by atoms with E-state index >= 15 is 0 Å². The number of benzene rings is 1. The van der Waals surface area contributed by atoms with Gasteiger partial charge in [0.1, 0.15) is 5.69 Å². The molecular formula is C14H16N4O. The lowest BCUT2D eigenvalue weighted by Gasteiger charge is -2.27. The van der Waals surface area contributed by atoms with Gasteiger partial charge in [-0.25, -0.2) is 0 Å². The van der Waals surface area contributed by atoms with Crippen LogP contribution in [0.1, 0.15) is 23.0 Å². The van der Waals surface area contributed by atoms with Crippen LogP contribution in [0.3, 0.4) is 0 Å². The van der Waals surface area contributed by atoms with Gasteiger partial charge in [-0.05, 0) is 37.6 Å². The van der Waals surface area contributed by atoms with Crippen LogP contribution in [0, 0.1) is 0 Å². The van der Waals surface area contributed by atoms with Gasteiger partial charge in [0.15, 0.2) is 0 Å². The fourth-order valence-corrected chi connectivity index (χ4v) is 2.46. The molecule has 0 saturated carbocycles. The van der Waals surface area contributed by atoms with Gasteiger partial charge in [-0.2, -0.15) is 5.10 Å². The molecule has 1 aromatic heterocycles. The van der Waals surface area contributed by atoms with Gasteiger partial charge in [0, 0.05) is 30.0 Å². The standard InChI is InChI=1S/C14H16N4O/c1-2-18-13-10(9-16-18)7-8-17(14(13)19)12-5-3-11(15)4-6-12/h3-6,9H,2,7-8,15H2,1H3. The maximum Gasteiger partial charge on any atom is 0.276 e. The van der Waals surface area contributed by atoms with Crippen molar-refractivity contribution in [1.29, 1.82) is 0 Å². The molecular weight excluding hydrogens is 240 g/mol. The predicted octanol–water partition coefficient (Wildman–Crippen LogP) is 1.69. The molecule has 0 atom stereocenters. The first-order valence-corrected chi connectivity index (χ1v) is 6.42. The Morgan fingerprint density at radius 3 is 2.74 bits per heavy atom. The smallest absolute Gasteiger partial charge is 0.276 e. The van der Waals surface area contributed by atoms with Crippen molar-refractivity contribution in [2.45, 2.75) is 19.9 Å². The van der Waals surface area contributed by atoms with Crippen LogP contribution < -0.4 is 10.6 Å². The molecule has 2 aromatic rings. The number of anilines is 2. The molecule has 5 heteroatoms. The second kappa shape index (κ2) is 4.42. The van der Waals surface area contributed by atoms with Crippen molar-refractivity contribution in [2.75, 3.05) is 17.2 Å². The average molecular weight is 256 g/mol. The second-order valence-electron chi connectivity index (χ2n) is 4.63. The van der Waals surface area contributed by atoms with Gasteiger partial charge in [0.2, 0.25) is 0 Å². The Bertz CT molecular complexity index is 601. The van der Waals surface area contributed by atoms with Gasteiger partial charge >= 0.3 is 0 Å². The summed E-state index contributed by atoms with van der Waals surface area (Å²) in [6.07, 6.45) is 2.64. The number of rotatable bonds is 2. The summed E-state index contributed by atoms with van der Waals surface area (Å²) in [7, 11) is 0. The van der Waals surface area contributed by atoms with E-state index in [1.807, 2.05) is 31.2 Å². The minimum Gasteiger partial charge on any atom is -0.399 e. The van der Waals surface area contributed by atoms with Gasteiger partial charge in [-0.3, -0.25) is 9.48 Å². The quantitative estimate of drug-likeness (QED) is 0.832. The first-order chi connectivity index (χ1) is 9.20. The number of aryl methyl sites for hydroxylation is 1. The van der Waals surface area contributed by atoms with Crippen LogP contribution in [0.5, 0.6) is 0 Å². The van der Waals surface area contributed by atoms with E-state index in [2.05, 4.69) is 5.10 Å². The van der Waals surface area contributed by atoms with Crippen LogP contribution in [0.4, 0.5) is 11.4 Å². The van der Waals surface area contributed by atoms with E-state index in [1.165, 1.54) is 0 Å². The summed E-state index contributed by atoms with van der Waals surface area (Å²) < 4.78 is 1.77. The van der Waals surface area contributed by atoms with Crippen LogP contribution in [-0.4, -0.2) is 22.2 Å². The molecule has 0 bridgehead atoms. The van der Waals surface area contributed by atoms with Gasteiger partial charge in [-0.1, -0.05) is 0 Å². The molecule has 3 rings (SSSR count). The lowest BCUT2D eigenvalue weighted by atomic mass is 10.1. The van der Waals surface area contributed by atoms with Crippen molar-refractivity contribution >= 4 is 17.3 Å². The van der Waals surface area contributed by atoms with Crippen molar-refractivity contribution in [3.63, 3.8) is 0 Å². The van der Waals surface area contributed by atoms with Gasteiger partial charge in [0.25, 0.3) is 5.91 Å². The molecule has 2 heterocycles. The summed E-state index contributed by atoms with van der Waals surface area (Å²) in [4.78, 5) is 14.4. The van der Waals surface area contributed by atoms with Crippen LogP contribution in [-0.2, 0) is 13.0 Å². The molecule has 0 spiro atoms. The molecule has 0 fully saturated rings. The first-order valence-electron chi connectivity index (χ1n) is 6.42. The molecule has 1 aromatic carbocycles. The highest BCUT2D eigenvalue weighted by atomic mass is 16.2. The highest BCUT2D eigenvalue weighted by Crippen LogP contribution is 2.25. The van der Waals surface area contributed by atoms with Crippen molar-refractivity contribution in [3.05, 3.63) is 41.7 Å². The number of aromatic nitrogens is 2. The molecule has 1 amide bonds. The van der Waals surface area contributed by atoms with Crippen molar-refractivity contribution < 1.29 is 4.79 Å². The number of amides is 1. The number of hydrogen-bond donors (Lipinski definition) is 1. The fraction of sp³-hybridized carbons (Fsp3) is 0.286. The highest BCUT2D eigenvalue weighted by molar-refractivity contribution is 6.07. The molecule has 1 aliphatic heterocycles. The summed E-state index contributed by atoms with van der Waals surface area (Å²) in [5.41, 5.74) is 9.02. The predicted molar refractivity (Wildman–Crippen MR) is 74.1 cm³/mol. The molecule has 98 valence electrons. The summed E-state index contributed by atoms with van der Waals surface area (Å²) in [6.45, 7) is 3.38. The second-order valence-corrected chi connectivity index (χ2v) is 4.63. The number of nitrogen functional groups attached to an aromatic ring is 1. The Morgan fingerprint density at radius 1 is 1.32 bits per heavy atom. The van der Waals surface area contributed by atoms with Crippen molar-refractivity contribution in [3.8, 4) is 0 Å². The van der Waals surface area contributed by atoms with E-state index in [1.54, 1.807) is 15.8 Å². The molecule has 1 aliphatic rings. The molecule has 0 aliphatic carbocycles. The lowest BCUT2D eigenvalue weighted by Crippen LogP contribution is -2.38. The first kappa shape index (κ1) is 11.8. The molecule has 0 saturated heterocycles. The van der Waals surface area contributed by atoms with E-state index in [0.717, 1.165) is 17.7 Å². The topological polar surface area (TPSA) is 64.2 Å². The third-order valence-corrected chi connectivity index (χ3v) is 3.47. The largest absolute Gasteiger partial charge is 0.399 e. The van der Waals surface area contributed by atoms with E-state index in [-0.39, 0.29) is 5.91 Å². The van der Waals surface area contributed by atoms with Crippen LogP contribution in [0.15, 0.2) is 30.5 Å². The maximum atomic E-state index is 12.6. The summed E-state index contributed by atoms with van der Waals surface area (Å²) >= 11 is 0. The number of carbonyl (C=O) groups is 1. The van der Waals surface area contributed by atoms with E-state index in [0.29, 0.717) is 24.5 Å². The zero-order valence-corrected chi connectivity index (χ0v) is 10.8. The summed E-state index contributed by atoms with van der Waals surface area (Å²) in [5, 5.41) is 4.26. The Labute approximate surface area is 111 Å². The Kier molecular flexibility index (Phi) is 2.74. The van der Waals surface area contributed by atoms with E-state index in [4.69, 9.17) is 5.73 Å². The number of fused-ring (bicyclic) bond motifs is 1. The highest BCUT2D eigenvalue weighted by Gasteiger charge is 2.29. The van der Waals surface area contributed by atoms with Gasteiger partial charge in [0.05, 0.1) is 6.20 Å². The third kappa shape index (κ3) is 1.87. The summed E-state index contributed by atoms with van der Waals surface area (Å²) in [5.74, 6) is 0.0189. The number of carbonyl (C=O) groups excluding carboxylic acids is 1. The monoisotopic (exact) mass is 256 g/mol. The molecule has 2 N–H and O–H groups in total. The Balaban J connectivity index is 1.99. The number of nitrogens with two attached hydrogens (primary N) is 1. The normalized spacial score (nSPS) is 14.6. The zero-order valence-electron chi connectivity index (χ0n) is 10.8. The van der Waals surface area contributed by atoms with E-state index in [9.17, 15) is 4.79 Å². The molecule has 19 heavy (non-hydrogen) atoms. The fourth-order valence-electron chi connectivity index (χ4n) is 2.46. The van der Waals surface area contributed by atoms with Gasteiger partial charge < -0.3 is 10.6 Å². The number of hydrogen-bond acceptors (Lipinski definition) is 3. The third-order valence-electron chi connectivity index (χ3n) is 3.47. The number of nitrogens with zero attached hydrogens (tertiary/aromatic N) is 3. The minimum atomic E-state index is 0.0189. The minimum absolute atomic E-state index is 0.0189. The van der Waals surface area contributed by atoms with Crippen molar-refractivity contribution in [1.82, 2.24) is 9.78 Å². The molecule has 0 radical (unpaired) electrons. The lowest BCUT2D eigenvalue weighted by molar-refractivity contribution is 0.0970. The maximum absolute atomic E-state index is 12.6. The van der Waals surface area contributed by atoms with Crippen LogP contribution in [0.25, 0.3) is 0 Å². The zero-order chi connectivity index (χ0) is 13.4. The van der Waals surface area contributed by atoms with Crippen LogP contribution in [0.2, 0.25) is 0 Å². The average Bonchev–Trinajstić information content (AvgIpc) is 2.84. The van der Waals surface area contributed by atoms with Gasteiger partial charge in [-0.15, -0.1) is 0 Å². The Morgan fingerprint density at radius 2 is 2.05 bits per heavy atom. The Hall–Kier alpha value is -2.30.